The lowest BCUT2D eigenvalue weighted by atomic mass is 9.93. The number of aliphatic hydroxyl groups excluding tert-OH is 1. The molecule has 0 aliphatic carbocycles. The van der Waals surface area contributed by atoms with E-state index in [0.717, 1.165) is 0 Å². The zero-order valence-corrected chi connectivity index (χ0v) is 13.9. The maximum atomic E-state index is 14.1. The zero-order valence-electron chi connectivity index (χ0n) is 13.9. The van der Waals surface area contributed by atoms with Gasteiger partial charge in [-0.1, -0.05) is 26.8 Å². The summed E-state index contributed by atoms with van der Waals surface area (Å²) >= 11 is 0. The molecule has 0 fully saturated rings. The molecule has 130 valence electrons. The molecule has 0 heterocycles. The molecule has 1 aromatic rings. The lowest BCUT2D eigenvalue weighted by Gasteiger charge is -2.17. The summed E-state index contributed by atoms with van der Waals surface area (Å²) in [5.41, 5.74) is 0.641. The van der Waals surface area contributed by atoms with Gasteiger partial charge in [-0.15, -0.1) is 0 Å². The fourth-order valence-electron chi connectivity index (χ4n) is 2.21. The topological polar surface area (TPSA) is 78.8 Å². The van der Waals surface area contributed by atoms with E-state index in [-0.39, 0.29) is 30.7 Å². The second kappa shape index (κ2) is 9.47. The van der Waals surface area contributed by atoms with Crippen molar-refractivity contribution >= 4 is 5.97 Å². The average Bonchev–Trinajstić information content (AvgIpc) is 2.49. The number of aliphatic hydroxyl groups is 1. The number of hydrogen-bond donors (Lipinski definition) is 3. The van der Waals surface area contributed by atoms with Crippen LogP contribution in [0.5, 0.6) is 5.75 Å². The van der Waals surface area contributed by atoms with Gasteiger partial charge in [0.2, 0.25) is 0 Å². The van der Waals surface area contributed by atoms with Gasteiger partial charge in [0.15, 0.2) is 11.6 Å². The highest BCUT2D eigenvalue weighted by Crippen LogP contribution is 2.27. The smallest absolute Gasteiger partial charge is 0.303 e. The van der Waals surface area contributed by atoms with Crippen molar-refractivity contribution < 1.29 is 24.1 Å². The highest BCUT2D eigenvalue weighted by Gasteiger charge is 2.16. The monoisotopic (exact) mass is 327 g/mol. The zero-order chi connectivity index (χ0) is 17.4. The molecule has 3 N–H and O–H groups in total. The van der Waals surface area contributed by atoms with Crippen LogP contribution in [0, 0.1) is 5.82 Å². The molecular formula is C17H26FNO4. The van der Waals surface area contributed by atoms with E-state index in [1.807, 2.05) is 20.8 Å². The average molecular weight is 327 g/mol. The summed E-state index contributed by atoms with van der Waals surface area (Å²) in [6.45, 7) is 6.16. The van der Waals surface area contributed by atoms with Crippen molar-refractivity contribution in [3.8, 4) is 5.75 Å². The molecule has 0 radical (unpaired) electrons. The van der Waals surface area contributed by atoms with Crippen LogP contribution in [0.25, 0.3) is 0 Å². The van der Waals surface area contributed by atoms with Crippen LogP contribution in [0.15, 0.2) is 18.2 Å². The Morgan fingerprint density at radius 1 is 1.39 bits per heavy atom. The summed E-state index contributed by atoms with van der Waals surface area (Å²) in [5.74, 6) is -1.62. The number of carboxylic acid groups (broad SMARTS) is 1. The molecule has 23 heavy (non-hydrogen) atoms. The van der Waals surface area contributed by atoms with Gasteiger partial charge in [0.25, 0.3) is 0 Å². The number of rotatable bonds is 10. The lowest BCUT2D eigenvalue weighted by molar-refractivity contribution is -0.137. The summed E-state index contributed by atoms with van der Waals surface area (Å²) in [5, 5.41) is 21.7. The van der Waals surface area contributed by atoms with Crippen LogP contribution in [0.1, 0.15) is 45.1 Å². The summed E-state index contributed by atoms with van der Waals surface area (Å²) in [4.78, 5) is 10.8. The van der Waals surface area contributed by atoms with Crippen LogP contribution in [-0.2, 0) is 4.79 Å². The van der Waals surface area contributed by atoms with Crippen molar-refractivity contribution in [1.29, 1.82) is 0 Å². The Morgan fingerprint density at radius 2 is 2.09 bits per heavy atom. The fourth-order valence-corrected chi connectivity index (χ4v) is 2.21. The molecule has 0 spiro atoms. The predicted octanol–water partition coefficient (Wildman–Crippen LogP) is 2.53. The molecule has 0 saturated heterocycles. The van der Waals surface area contributed by atoms with Crippen molar-refractivity contribution in [2.75, 3.05) is 13.2 Å². The molecule has 2 unspecified atom stereocenters. The maximum absolute atomic E-state index is 14.1. The summed E-state index contributed by atoms with van der Waals surface area (Å²) in [7, 11) is 0. The highest BCUT2D eigenvalue weighted by atomic mass is 19.1. The SMILES string of the molecule is CCC(CC(=O)O)c1ccc(OCC(O)CNC(C)C)c(F)c1. The van der Waals surface area contributed by atoms with Gasteiger partial charge in [0.1, 0.15) is 12.7 Å². The van der Waals surface area contributed by atoms with E-state index in [4.69, 9.17) is 9.84 Å². The van der Waals surface area contributed by atoms with Crippen LogP contribution in [0.3, 0.4) is 0 Å². The van der Waals surface area contributed by atoms with Crippen LogP contribution < -0.4 is 10.1 Å². The minimum atomic E-state index is -0.904. The van der Waals surface area contributed by atoms with Crippen molar-refractivity contribution in [3.63, 3.8) is 0 Å². The van der Waals surface area contributed by atoms with E-state index >= 15 is 0 Å². The standard InChI is InChI=1S/C17H26FNO4/c1-4-12(8-17(21)22)13-5-6-16(15(18)7-13)23-10-14(20)9-19-11(2)3/h5-7,11-12,14,19-20H,4,8-10H2,1-3H3,(H,21,22). The van der Waals surface area contributed by atoms with E-state index < -0.39 is 17.9 Å². The lowest BCUT2D eigenvalue weighted by Crippen LogP contribution is -2.35. The van der Waals surface area contributed by atoms with Gasteiger partial charge in [0, 0.05) is 12.6 Å². The first-order valence-electron chi connectivity index (χ1n) is 7.89. The Hall–Kier alpha value is -1.66. The third-order valence-electron chi connectivity index (χ3n) is 3.53. The number of hydrogen-bond acceptors (Lipinski definition) is 4. The number of ether oxygens (including phenoxy) is 1. The van der Waals surface area contributed by atoms with Gasteiger partial charge in [-0.2, -0.15) is 0 Å². The third kappa shape index (κ3) is 6.97. The number of halogens is 1. The summed E-state index contributed by atoms with van der Waals surface area (Å²) in [6.07, 6.45) is -0.145. The Balaban J connectivity index is 2.63. The van der Waals surface area contributed by atoms with Crippen LogP contribution in [-0.4, -0.2) is 41.5 Å². The Bertz CT molecular complexity index is 507. The largest absolute Gasteiger partial charge is 0.488 e. The first kappa shape index (κ1) is 19.4. The van der Waals surface area contributed by atoms with E-state index in [0.29, 0.717) is 18.5 Å². The third-order valence-corrected chi connectivity index (χ3v) is 3.53. The van der Waals surface area contributed by atoms with Gasteiger partial charge in [-0.3, -0.25) is 4.79 Å². The van der Waals surface area contributed by atoms with E-state index in [2.05, 4.69) is 5.32 Å². The molecule has 0 amide bonds. The first-order valence-corrected chi connectivity index (χ1v) is 7.89. The summed E-state index contributed by atoms with van der Waals surface area (Å²) < 4.78 is 19.4. The fraction of sp³-hybridized carbons (Fsp3) is 0.588. The molecule has 0 aromatic heterocycles. The van der Waals surface area contributed by atoms with Gasteiger partial charge in [0.05, 0.1) is 6.42 Å². The second-order valence-corrected chi connectivity index (χ2v) is 5.92. The molecule has 1 rings (SSSR count). The van der Waals surface area contributed by atoms with Gasteiger partial charge in [-0.05, 0) is 30.0 Å². The number of benzene rings is 1. The Kier molecular flexibility index (Phi) is 7.98. The number of carboxylic acids is 1. The molecule has 6 heteroatoms. The van der Waals surface area contributed by atoms with Crippen molar-refractivity contribution in [1.82, 2.24) is 5.32 Å². The van der Waals surface area contributed by atoms with Crippen molar-refractivity contribution in [2.24, 2.45) is 0 Å². The molecule has 0 bridgehead atoms. The van der Waals surface area contributed by atoms with Gasteiger partial charge in [-0.25, -0.2) is 4.39 Å². The number of nitrogens with one attached hydrogen (secondary N) is 1. The van der Waals surface area contributed by atoms with Crippen molar-refractivity contribution in [3.05, 3.63) is 29.6 Å². The van der Waals surface area contributed by atoms with Crippen LogP contribution >= 0.6 is 0 Å². The van der Waals surface area contributed by atoms with E-state index in [9.17, 15) is 14.3 Å². The molecular weight excluding hydrogens is 301 g/mol. The molecule has 1 aromatic carbocycles. The van der Waals surface area contributed by atoms with Gasteiger partial charge >= 0.3 is 5.97 Å². The van der Waals surface area contributed by atoms with E-state index in [1.165, 1.54) is 12.1 Å². The normalized spacial score (nSPS) is 13.8. The first-order chi connectivity index (χ1) is 10.8. The number of carbonyl (C=O) groups is 1. The molecule has 0 saturated carbocycles. The van der Waals surface area contributed by atoms with Crippen molar-refractivity contribution in [2.45, 2.75) is 51.7 Å². The minimum absolute atomic E-state index is 0.0116. The van der Waals surface area contributed by atoms with E-state index in [1.54, 1.807) is 6.07 Å². The quantitative estimate of drug-likeness (QED) is 0.615. The molecule has 0 aliphatic rings. The predicted molar refractivity (Wildman–Crippen MR) is 86.3 cm³/mol. The maximum Gasteiger partial charge on any atom is 0.303 e. The second-order valence-electron chi connectivity index (χ2n) is 5.92. The van der Waals surface area contributed by atoms with Crippen LogP contribution in [0.4, 0.5) is 4.39 Å². The van der Waals surface area contributed by atoms with Gasteiger partial charge < -0.3 is 20.3 Å². The van der Waals surface area contributed by atoms with Crippen LogP contribution in [0.2, 0.25) is 0 Å². The Morgan fingerprint density at radius 3 is 2.61 bits per heavy atom. The highest BCUT2D eigenvalue weighted by molar-refractivity contribution is 5.68. The Labute approximate surface area is 136 Å². The molecule has 5 nitrogen and oxygen atoms in total. The molecule has 0 aliphatic heterocycles. The summed E-state index contributed by atoms with van der Waals surface area (Å²) in [6, 6.07) is 4.72. The minimum Gasteiger partial charge on any atom is -0.488 e. The molecule has 2 atom stereocenters. The number of aliphatic carboxylic acids is 1.